The Kier molecular flexibility index (Phi) is 6.08. The Morgan fingerprint density at radius 3 is 2.58 bits per heavy atom. The average molecular weight is 413 g/mol. The maximum absolute atomic E-state index is 13.3. The maximum Gasteiger partial charge on any atom is 0.267 e. The molecule has 1 aromatic carbocycles. The summed E-state index contributed by atoms with van der Waals surface area (Å²) in [4.78, 5) is 32.7. The molecule has 0 radical (unpaired) electrons. The number of hydrogen-bond acceptors (Lipinski definition) is 5. The van der Waals surface area contributed by atoms with E-state index in [4.69, 9.17) is 4.98 Å². The van der Waals surface area contributed by atoms with E-state index in [-0.39, 0.29) is 16.7 Å². The molecule has 1 amide bonds. The minimum Gasteiger partial charge on any atom is -0.356 e. The number of benzene rings is 1. The Morgan fingerprint density at radius 1 is 1.10 bits per heavy atom. The zero-order valence-corrected chi connectivity index (χ0v) is 17.1. The molecule has 0 spiro atoms. The van der Waals surface area contributed by atoms with Crippen molar-refractivity contribution in [3.8, 4) is 6.07 Å². The van der Waals surface area contributed by atoms with Crippen LogP contribution in [0.5, 0.6) is 0 Å². The number of carbonyl (C=O) groups excluding carboxylic acids is 1. The number of anilines is 1. The first-order valence-corrected chi connectivity index (χ1v) is 10.4. The minimum absolute atomic E-state index is 0.121. The molecule has 7 nitrogen and oxygen atoms in total. The number of nitrogens with zero attached hydrogens (tertiary/aromatic N) is 4. The van der Waals surface area contributed by atoms with Gasteiger partial charge in [0.2, 0.25) is 0 Å². The van der Waals surface area contributed by atoms with Crippen molar-refractivity contribution < 1.29 is 4.79 Å². The normalized spacial score (nSPS) is 14.3. The third-order valence-electron chi connectivity index (χ3n) is 5.35. The first-order valence-electron chi connectivity index (χ1n) is 10.4. The van der Waals surface area contributed by atoms with Crippen molar-refractivity contribution in [1.29, 1.82) is 5.26 Å². The van der Waals surface area contributed by atoms with Gasteiger partial charge < -0.3 is 10.2 Å². The SMILES string of the molecule is N#CC(=Cc1c(N2CCCCC2)nc2ccccn2c1=O)C(=O)NCc1ccccc1. The summed E-state index contributed by atoms with van der Waals surface area (Å²) in [7, 11) is 0. The molecule has 3 heterocycles. The fourth-order valence-electron chi connectivity index (χ4n) is 3.73. The molecule has 1 N–H and O–H groups in total. The van der Waals surface area contributed by atoms with E-state index in [0.29, 0.717) is 18.0 Å². The van der Waals surface area contributed by atoms with E-state index in [9.17, 15) is 14.9 Å². The smallest absolute Gasteiger partial charge is 0.267 e. The van der Waals surface area contributed by atoms with E-state index in [2.05, 4.69) is 10.2 Å². The molecule has 1 aliphatic rings. The number of aromatic nitrogens is 2. The molecule has 0 bridgehead atoms. The fraction of sp³-hybridized carbons (Fsp3) is 0.250. The number of carbonyl (C=O) groups is 1. The maximum atomic E-state index is 13.3. The Hall–Kier alpha value is -3.92. The van der Waals surface area contributed by atoms with Crippen LogP contribution in [0.4, 0.5) is 5.82 Å². The van der Waals surface area contributed by atoms with Gasteiger partial charge in [0.05, 0.1) is 5.56 Å². The molecular weight excluding hydrogens is 390 g/mol. The van der Waals surface area contributed by atoms with Crippen molar-refractivity contribution >= 4 is 23.4 Å². The van der Waals surface area contributed by atoms with E-state index in [0.717, 1.165) is 37.9 Å². The van der Waals surface area contributed by atoms with Gasteiger partial charge in [0, 0.05) is 25.8 Å². The summed E-state index contributed by atoms with van der Waals surface area (Å²) >= 11 is 0. The highest BCUT2D eigenvalue weighted by molar-refractivity contribution is 6.02. The van der Waals surface area contributed by atoms with Gasteiger partial charge >= 0.3 is 0 Å². The number of nitriles is 1. The van der Waals surface area contributed by atoms with Gasteiger partial charge in [-0.05, 0) is 43.0 Å². The summed E-state index contributed by atoms with van der Waals surface area (Å²) in [6, 6.07) is 16.8. The number of amides is 1. The Bertz CT molecular complexity index is 1220. The lowest BCUT2D eigenvalue weighted by Crippen LogP contribution is -2.33. The molecule has 0 saturated carbocycles. The van der Waals surface area contributed by atoms with Crippen molar-refractivity contribution in [2.45, 2.75) is 25.8 Å². The number of fused-ring (bicyclic) bond motifs is 1. The van der Waals surface area contributed by atoms with Crippen LogP contribution >= 0.6 is 0 Å². The van der Waals surface area contributed by atoms with Crippen molar-refractivity contribution in [3.05, 3.63) is 81.8 Å². The molecular formula is C24H23N5O2. The van der Waals surface area contributed by atoms with Gasteiger partial charge in [-0.25, -0.2) is 4.98 Å². The highest BCUT2D eigenvalue weighted by Gasteiger charge is 2.21. The molecule has 3 aromatic rings. The number of hydrogen-bond donors (Lipinski definition) is 1. The van der Waals surface area contributed by atoms with Gasteiger partial charge in [0.15, 0.2) is 0 Å². The number of piperidine rings is 1. The number of pyridine rings is 1. The van der Waals surface area contributed by atoms with Crippen LogP contribution in [0.1, 0.15) is 30.4 Å². The molecule has 156 valence electrons. The standard InChI is InChI=1S/C24H23N5O2/c25-16-19(23(30)26-17-18-9-3-1-4-10-18)15-20-22(28-12-6-2-7-13-28)27-21-11-5-8-14-29(21)24(20)31/h1,3-5,8-11,14-15H,2,6-7,12-13,17H2,(H,26,30). The van der Waals surface area contributed by atoms with Gasteiger partial charge in [0.25, 0.3) is 11.5 Å². The van der Waals surface area contributed by atoms with Crippen molar-refractivity contribution in [2.75, 3.05) is 18.0 Å². The molecule has 4 rings (SSSR count). The number of rotatable bonds is 5. The zero-order valence-electron chi connectivity index (χ0n) is 17.1. The van der Waals surface area contributed by atoms with Gasteiger partial charge in [-0.3, -0.25) is 14.0 Å². The van der Waals surface area contributed by atoms with Crippen LogP contribution in [0.3, 0.4) is 0 Å². The van der Waals surface area contributed by atoms with Crippen molar-refractivity contribution in [1.82, 2.24) is 14.7 Å². The van der Waals surface area contributed by atoms with Gasteiger partial charge in [-0.15, -0.1) is 0 Å². The molecule has 31 heavy (non-hydrogen) atoms. The van der Waals surface area contributed by atoms with Crippen LogP contribution in [0.2, 0.25) is 0 Å². The van der Waals surface area contributed by atoms with Gasteiger partial charge in [-0.1, -0.05) is 36.4 Å². The summed E-state index contributed by atoms with van der Waals surface area (Å²) in [5.74, 6) is 0.00742. The number of nitrogens with one attached hydrogen (secondary N) is 1. The van der Waals surface area contributed by atoms with Gasteiger partial charge in [-0.2, -0.15) is 5.26 Å². The lowest BCUT2D eigenvalue weighted by Gasteiger charge is -2.29. The summed E-state index contributed by atoms with van der Waals surface area (Å²) in [6.45, 7) is 1.88. The monoisotopic (exact) mass is 413 g/mol. The Balaban J connectivity index is 1.72. The summed E-state index contributed by atoms with van der Waals surface area (Å²) in [5, 5.41) is 12.4. The third-order valence-corrected chi connectivity index (χ3v) is 5.35. The van der Waals surface area contributed by atoms with Crippen molar-refractivity contribution in [2.24, 2.45) is 0 Å². The van der Waals surface area contributed by atoms with E-state index < -0.39 is 5.91 Å². The van der Waals surface area contributed by atoms with Gasteiger partial charge in [0.1, 0.15) is 23.1 Å². The molecule has 1 fully saturated rings. The Morgan fingerprint density at radius 2 is 1.84 bits per heavy atom. The van der Waals surface area contributed by atoms with E-state index in [1.807, 2.05) is 42.5 Å². The van der Waals surface area contributed by atoms with E-state index in [1.165, 1.54) is 10.5 Å². The summed E-state index contributed by atoms with van der Waals surface area (Å²) < 4.78 is 1.44. The highest BCUT2D eigenvalue weighted by Crippen LogP contribution is 2.23. The Labute approximate surface area is 180 Å². The zero-order chi connectivity index (χ0) is 21.6. The van der Waals surface area contributed by atoms with Crippen LogP contribution in [-0.4, -0.2) is 28.4 Å². The average Bonchev–Trinajstić information content (AvgIpc) is 2.83. The fourth-order valence-corrected chi connectivity index (χ4v) is 3.73. The van der Waals surface area contributed by atoms with Crippen molar-refractivity contribution in [3.63, 3.8) is 0 Å². The van der Waals surface area contributed by atoms with Crippen LogP contribution in [0, 0.1) is 11.3 Å². The molecule has 0 unspecified atom stereocenters. The first kappa shape index (κ1) is 20.4. The highest BCUT2D eigenvalue weighted by atomic mass is 16.1. The molecule has 0 atom stereocenters. The predicted octanol–water partition coefficient (Wildman–Crippen LogP) is 2.91. The first-order chi connectivity index (χ1) is 15.2. The lowest BCUT2D eigenvalue weighted by atomic mass is 10.1. The van der Waals surface area contributed by atoms with Crippen LogP contribution in [0.25, 0.3) is 11.7 Å². The lowest BCUT2D eigenvalue weighted by molar-refractivity contribution is -0.117. The second kappa shape index (κ2) is 9.26. The molecule has 1 aliphatic heterocycles. The molecule has 1 saturated heterocycles. The molecule has 7 heteroatoms. The minimum atomic E-state index is -0.520. The molecule has 2 aromatic heterocycles. The quantitative estimate of drug-likeness (QED) is 0.513. The van der Waals surface area contributed by atoms with E-state index in [1.54, 1.807) is 18.3 Å². The largest absolute Gasteiger partial charge is 0.356 e. The van der Waals surface area contributed by atoms with Crippen LogP contribution < -0.4 is 15.8 Å². The second-order valence-corrected chi connectivity index (χ2v) is 7.47. The predicted molar refractivity (Wildman–Crippen MR) is 119 cm³/mol. The third kappa shape index (κ3) is 4.48. The van der Waals surface area contributed by atoms with Crippen LogP contribution in [-0.2, 0) is 11.3 Å². The second-order valence-electron chi connectivity index (χ2n) is 7.47. The summed E-state index contributed by atoms with van der Waals surface area (Å²) in [6.07, 6.45) is 6.19. The van der Waals surface area contributed by atoms with Crippen LogP contribution in [0.15, 0.2) is 65.1 Å². The topological polar surface area (TPSA) is 90.5 Å². The molecule has 0 aliphatic carbocycles. The van der Waals surface area contributed by atoms with E-state index >= 15 is 0 Å². The summed E-state index contributed by atoms with van der Waals surface area (Å²) in [5.41, 5.74) is 1.31.